The molecule has 0 saturated heterocycles. The van der Waals surface area contributed by atoms with Crippen LogP contribution in [-0.2, 0) is 9.53 Å². The summed E-state index contributed by atoms with van der Waals surface area (Å²) in [6.07, 6.45) is 1.71. The van der Waals surface area contributed by atoms with Gasteiger partial charge < -0.3 is 19.2 Å². The third-order valence-corrected chi connectivity index (χ3v) is 3.92. The topological polar surface area (TPSA) is 97.2 Å². The van der Waals surface area contributed by atoms with Crippen molar-refractivity contribution >= 4 is 28.7 Å². The van der Waals surface area contributed by atoms with Crippen LogP contribution >= 0.6 is 0 Å². The Kier molecular flexibility index (Phi) is 5.92. The number of carbonyl (C=O) groups is 1. The lowest BCUT2D eigenvalue weighted by Gasteiger charge is -2.12. The van der Waals surface area contributed by atoms with E-state index < -0.39 is 5.97 Å². The van der Waals surface area contributed by atoms with Gasteiger partial charge in [0.2, 0.25) is 0 Å². The van der Waals surface area contributed by atoms with Gasteiger partial charge in [0.1, 0.15) is 11.9 Å². The van der Waals surface area contributed by atoms with Gasteiger partial charge in [0.15, 0.2) is 18.1 Å². The van der Waals surface area contributed by atoms with Crippen molar-refractivity contribution in [3.63, 3.8) is 0 Å². The summed E-state index contributed by atoms with van der Waals surface area (Å²) in [5.74, 6) is 0.907. The summed E-state index contributed by atoms with van der Waals surface area (Å²) in [5.41, 5.74) is 2.79. The largest absolute Gasteiger partial charge is 0.490 e. The molecule has 1 heterocycles. The van der Waals surface area contributed by atoms with Crippen molar-refractivity contribution < 1.29 is 19.0 Å². The number of methoxy groups -OCH3 is 1. The Labute approximate surface area is 162 Å². The molecule has 28 heavy (non-hydrogen) atoms. The number of nitriles is 1. The van der Waals surface area contributed by atoms with Gasteiger partial charge in [0.25, 0.3) is 0 Å². The summed E-state index contributed by atoms with van der Waals surface area (Å²) in [5, 5.41) is 9.58. The highest BCUT2D eigenvalue weighted by Gasteiger charge is 2.11. The van der Waals surface area contributed by atoms with E-state index in [-0.39, 0.29) is 6.61 Å². The van der Waals surface area contributed by atoms with Crippen LogP contribution in [0.4, 0.5) is 0 Å². The van der Waals surface area contributed by atoms with Crippen molar-refractivity contribution in [2.75, 3.05) is 20.3 Å². The zero-order valence-corrected chi connectivity index (χ0v) is 15.6. The second kappa shape index (κ2) is 8.73. The van der Waals surface area contributed by atoms with Crippen LogP contribution in [-0.4, -0.2) is 36.3 Å². The van der Waals surface area contributed by atoms with E-state index in [4.69, 9.17) is 9.47 Å². The maximum absolute atomic E-state index is 11.3. The lowest BCUT2D eigenvalue weighted by molar-refractivity contribution is -0.142. The van der Waals surface area contributed by atoms with Crippen molar-refractivity contribution in [1.29, 1.82) is 5.26 Å². The zero-order chi connectivity index (χ0) is 19.9. The number of H-pyrrole nitrogens is 1. The molecular formula is C21H19N3O4. The molecule has 3 rings (SSSR count). The number of carbonyl (C=O) groups excluding carboxylic acids is 1. The minimum absolute atomic E-state index is 0.214. The van der Waals surface area contributed by atoms with Crippen molar-refractivity contribution in [2.45, 2.75) is 6.92 Å². The third-order valence-electron chi connectivity index (χ3n) is 3.92. The van der Waals surface area contributed by atoms with E-state index >= 15 is 0 Å². The fourth-order valence-electron chi connectivity index (χ4n) is 2.60. The van der Waals surface area contributed by atoms with Gasteiger partial charge in [-0.25, -0.2) is 9.78 Å². The van der Waals surface area contributed by atoms with Gasteiger partial charge >= 0.3 is 5.97 Å². The molecule has 0 amide bonds. The normalized spacial score (nSPS) is 11.1. The number of nitrogens with one attached hydrogen (secondary N) is 1. The first kappa shape index (κ1) is 19.0. The lowest BCUT2D eigenvalue weighted by atomic mass is 10.1. The molecule has 0 unspecified atom stereocenters. The number of para-hydroxylation sites is 2. The molecule has 0 aliphatic carbocycles. The number of hydrogen-bond acceptors (Lipinski definition) is 6. The van der Waals surface area contributed by atoms with Crippen LogP contribution in [0.5, 0.6) is 11.5 Å². The standard InChI is InChI=1S/C21H19N3O4/c1-3-27-19-11-14(8-9-18(19)28-13-20(25)26-2)10-15(12-22)21-23-16-6-4-5-7-17(16)24-21/h4-11H,3,13H2,1-2H3,(H,23,24)/b15-10+. The molecule has 3 aromatic rings. The lowest BCUT2D eigenvalue weighted by Crippen LogP contribution is -2.13. The number of benzene rings is 2. The predicted octanol–water partition coefficient (Wildman–Crippen LogP) is 3.58. The Morgan fingerprint density at radius 2 is 2.04 bits per heavy atom. The molecule has 0 aliphatic heterocycles. The maximum Gasteiger partial charge on any atom is 0.343 e. The molecule has 0 fully saturated rings. The summed E-state index contributed by atoms with van der Waals surface area (Å²) in [6, 6.07) is 15.0. The average molecular weight is 377 g/mol. The number of aromatic amines is 1. The first-order valence-corrected chi connectivity index (χ1v) is 8.68. The molecule has 0 bridgehead atoms. The van der Waals surface area contributed by atoms with Gasteiger partial charge in [-0.3, -0.25) is 0 Å². The number of allylic oxidation sites excluding steroid dienone is 1. The quantitative estimate of drug-likeness (QED) is 0.499. The van der Waals surface area contributed by atoms with E-state index in [1.165, 1.54) is 7.11 Å². The molecule has 0 saturated carbocycles. The number of fused-ring (bicyclic) bond motifs is 1. The summed E-state index contributed by atoms with van der Waals surface area (Å²) in [7, 11) is 1.30. The van der Waals surface area contributed by atoms with Crippen LogP contribution in [0.25, 0.3) is 22.7 Å². The molecule has 2 aromatic carbocycles. The third kappa shape index (κ3) is 4.30. The molecule has 0 spiro atoms. The average Bonchev–Trinajstić information content (AvgIpc) is 3.15. The van der Waals surface area contributed by atoms with Gasteiger partial charge in [0, 0.05) is 0 Å². The highest BCUT2D eigenvalue weighted by atomic mass is 16.6. The van der Waals surface area contributed by atoms with E-state index in [2.05, 4.69) is 20.8 Å². The fourth-order valence-corrected chi connectivity index (χ4v) is 2.60. The number of rotatable bonds is 7. The molecule has 0 aliphatic rings. The van der Waals surface area contributed by atoms with Crippen LogP contribution in [0.3, 0.4) is 0 Å². The van der Waals surface area contributed by atoms with E-state index in [1.54, 1.807) is 24.3 Å². The van der Waals surface area contributed by atoms with Crippen molar-refractivity contribution in [1.82, 2.24) is 9.97 Å². The van der Waals surface area contributed by atoms with E-state index in [0.29, 0.717) is 29.5 Å². The van der Waals surface area contributed by atoms with E-state index in [9.17, 15) is 10.1 Å². The number of imidazole rings is 1. The number of nitrogens with zero attached hydrogens (tertiary/aromatic N) is 2. The molecule has 142 valence electrons. The summed E-state index contributed by atoms with van der Waals surface area (Å²) >= 11 is 0. The Bertz CT molecular complexity index is 1030. The molecule has 0 atom stereocenters. The SMILES string of the molecule is CCOc1cc(/C=C(\C#N)c2nc3ccccc3[nH]2)ccc1OCC(=O)OC. The second-order valence-electron chi connectivity index (χ2n) is 5.78. The Morgan fingerprint density at radius 1 is 1.21 bits per heavy atom. The summed E-state index contributed by atoms with van der Waals surface area (Å²) in [6.45, 7) is 2.06. The molecule has 7 nitrogen and oxygen atoms in total. The fraction of sp³-hybridized carbons (Fsp3) is 0.190. The first-order valence-electron chi connectivity index (χ1n) is 8.68. The first-order chi connectivity index (χ1) is 13.6. The molecule has 7 heteroatoms. The molecule has 1 N–H and O–H groups in total. The molecule has 0 radical (unpaired) electrons. The van der Waals surface area contributed by atoms with Crippen LogP contribution < -0.4 is 9.47 Å². The van der Waals surface area contributed by atoms with Gasteiger partial charge in [-0.15, -0.1) is 0 Å². The number of hydrogen-bond donors (Lipinski definition) is 1. The maximum atomic E-state index is 11.3. The van der Waals surface area contributed by atoms with Gasteiger partial charge in [-0.05, 0) is 42.8 Å². The molecule has 1 aromatic heterocycles. The summed E-state index contributed by atoms with van der Waals surface area (Å²) in [4.78, 5) is 18.9. The monoisotopic (exact) mass is 377 g/mol. The van der Waals surface area contributed by atoms with Crippen LogP contribution in [0.15, 0.2) is 42.5 Å². The predicted molar refractivity (Wildman–Crippen MR) is 105 cm³/mol. The molecular weight excluding hydrogens is 358 g/mol. The highest BCUT2D eigenvalue weighted by molar-refractivity contribution is 5.90. The number of aromatic nitrogens is 2. The Morgan fingerprint density at radius 3 is 2.75 bits per heavy atom. The minimum atomic E-state index is -0.483. The van der Waals surface area contributed by atoms with Gasteiger partial charge in [-0.1, -0.05) is 18.2 Å². The van der Waals surface area contributed by atoms with Crippen LogP contribution in [0.2, 0.25) is 0 Å². The van der Waals surface area contributed by atoms with Crippen LogP contribution in [0, 0.1) is 11.3 Å². The number of esters is 1. The summed E-state index contributed by atoms with van der Waals surface area (Å²) < 4.78 is 15.6. The van der Waals surface area contributed by atoms with Crippen molar-refractivity contribution in [3.8, 4) is 17.6 Å². The van der Waals surface area contributed by atoms with Crippen molar-refractivity contribution in [2.24, 2.45) is 0 Å². The number of ether oxygens (including phenoxy) is 3. The second-order valence-corrected chi connectivity index (χ2v) is 5.78. The van der Waals surface area contributed by atoms with Gasteiger partial charge in [-0.2, -0.15) is 5.26 Å². The van der Waals surface area contributed by atoms with E-state index in [0.717, 1.165) is 16.6 Å². The highest BCUT2D eigenvalue weighted by Crippen LogP contribution is 2.30. The Hall–Kier alpha value is -3.79. The minimum Gasteiger partial charge on any atom is -0.490 e. The zero-order valence-electron chi connectivity index (χ0n) is 15.6. The Balaban J connectivity index is 1.91. The van der Waals surface area contributed by atoms with Crippen molar-refractivity contribution in [3.05, 3.63) is 53.9 Å². The van der Waals surface area contributed by atoms with Crippen LogP contribution in [0.1, 0.15) is 18.3 Å². The smallest absolute Gasteiger partial charge is 0.343 e. The van der Waals surface area contributed by atoms with Gasteiger partial charge in [0.05, 0.1) is 30.3 Å². The van der Waals surface area contributed by atoms with E-state index in [1.807, 2.05) is 31.2 Å².